The molecule has 5 heteroatoms. The van der Waals surface area contributed by atoms with Gasteiger partial charge in [0.2, 0.25) is 0 Å². The Balaban J connectivity index is 2.07. The van der Waals surface area contributed by atoms with E-state index in [1.54, 1.807) is 11.3 Å². The third-order valence-electron chi connectivity index (χ3n) is 2.65. The van der Waals surface area contributed by atoms with Crippen LogP contribution >= 0.6 is 22.9 Å². The van der Waals surface area contributed by atoms with Gasteiger partial charge in [0.25, 0.3) is 0 Å². The molecule has 0 aliphatic heterocycles. The molecule has 0 aliphatic rings. The van der Waals surface area contributed by atoms with E-state index in [9.17, 15) is 0 Å². The van der Waals surface area contributed by atoms with Crippen LogP contribution in [0.3, 0.4) is 0 Å². The van der Waals surface area contributed by atoms with Crippen molar-refractivity contribution in [3.05, 3.63) is 41.7 Å². The fraction of sp³-hybridized carbons (Fsp3) is 0.0769. The molecule has 0 saturated heterocycles. The van der Waals surface area contributed by atoms with Gasteiger partial charge in [-0.05, 0) is 30.3 Å². The van der Waals surface area contributed by atoms with Gasteiger partial charge in [-0.2, -0.15) is 0 Å². The maximum atomic E-state index is 5.89. The van der Waals surface area contributed by atoms with Gasteiger partial charge >= 0.3 is 0 Å². The van der Waals surface area contributed by atoms with Crippen molar-refractivity contribution in [3.8, 4) is 10.4 Å². The van der Waals surface area contributed by atoms with Crippen molar-refractivity contribution in [3.63, 3.8) is 0 Å². The Kier molecular flexibility index (Phi) is 2.89. The molecule has 0 unspecified atom stereocenters. The highest BCUT2D eigenvalue weighted by molar-refractivity contribution is 7.21. The zero-order valence-electron chi connectivity index (χ0n) is 9.64. The number of hydrogen-bond acceptors (Lipinski definition) is 4. The van der Waals surface area contributed by atoms with Crippen LogP contribution in [0.4, 0.5) is 5.82 Å². The van der Waals surface area contributed by atoms with Crippen molar-refractivity contribution < 1.29 is 0 Å². The number of rotatable bonds is 2. The van der Waals surface area contributed by atoms with Gasteiger partial charge in [0.1, 0.15) is 15.8 Å². The van der Waals surface area contributed by atoms with E-state index in [2.05, 4.69) is 21.4 Å². The van der Waals surface area contributed by atoms with E-state index in [0.717, 1.165) is 26.5 Å². The molecule has 0 fully saturated rings. The van der Waals surface area contributed by atoms with Crippen molar-refractivity contribution in [1.29, 1.82) is 0 Å². The van der Waals surface area contributed by atoms with E-state index >= 15 is 0 Å². The lowest BCUT2D eigenvalue weighted by atomic mass is 10.2. The quantitative estimate of drug-likeness (QED) is 0.717. The molecule has 0 radical (unpaired) electrons. The smallest absolute Gasteiger partial charge is 0.130 e. The van der Waals surface area contributed by atoms with Gasteiger partial charge in [-0.15, -0.1) is 11.3 Å². The Hall–Kier alpha value is -1.65. The predicted octanol–water partition coefficient (Wildman–Crippen LogP) is 4.05. The molecule has 3 aromatic heterocycles. The first-order valence-corrected chi connectivity index (χ1v) is 6.66. The summed E-state index contributed by atoms with van der Waals surface area (Å²) in [6, 6.07) is 9.91. The van der Waals surface area contributed by atoms with Crippen molar-refractivity contribution in [2.75, 3.05) is 12.4 Å². The lowest BCUT2D eigenvalue weighted by Gasteiger charge is -1.99. The molecular weight excluding hydrogens is 266 g/mol. The van der Waals surface area contributed by atoms with Crippen LogP contribution < -0.4 is 5.32 Å². The van der Waals surface area contributed by atoms with Crippen LogP contribution in [-0.2, 0) is 0 Å². The summed E-state index contributed by atoms with van der Waals surface area (Å²) in [7, 11) is 1.85. The van der Waals surface area contributed by atoms with Crippen molar-refractivity contribution in [2.45, 2.75) is 0 Å². The average Bonchev–Trinajstić information content (AvgIpc) is 2.81. The fourth-order valence-electron chi connectivity index (χ4n) is 1.72. The molecule has 0 spiro atoms. The van der Waals surface area contributed by atoms with Gasteiger partial charge in [-0.1, -0.05) is 11.6 Å². The maximum Gasteiger partial charge on any atom is 0.130 e. The third-order valence-corrected chi connectivity index (χ3v) is 3.96. The van der Waals surface area contributed by atoms with E-state index in [4.69, 9.17) is 11.6 Å². The minimum Gasteiger partial charge on any atom is -0.373 e. The Bertz CT molecular complexity index is 691. The predicted molar refractivity (Wildman–Crippen MR) is 77.4 cm³/mol. The minimum atomic E-state index is 0.527. The number of nitrogens with one attached hydrogen (secondary N) is 1. The van der Waals surface area contributed by atoms with E-state index in [1.807, 2.05) is 37.5 Å². The molecule has 0 atom stereocenters. The SMILES string of the molecule is CNc1ccc(-c2cc3ccc(Cl)nc3s2)cn1. The first-order chi connectivity index (χ1) is 8.76. The number of fused-ring (bicyclic) bond motifs is 1. The number of aromatic nitrogens is 2. The second-order valence-corrected chi connectivity index (χ2v) is 5.24. The van der Waals surface area contributed by atoms with Crippen LogP contribution in [0.5, 0.6) is 0 Å². The normalized spacial score (nSPS) is 10.8. The van der Waals surface area contributed by atoms with Gasteiger partial charge in [0.05, 0.1) is 0 Å². The number of thiophene rings is 1. The van der Waals surface area contributed by atoms with E-state index < -0.39 is 0 Å². The molecule has 18 heavy (non-hydrogen) atoms. The van der Waals surface area contributed by atoms with Crippen molar-refractivity contribution in [2.24, 2.45) is 0 Å². The number of hydrogen-bond donors (Lipinski definition) is 1. The zero-order valence-corrected chi connectivity index (χ0v) is 11.2. The van der Waals surface area contributed by atoms with Crippen molar-refractivity contribution in [1.82, 2.24) is 9.97 Å². The average molecular weight is 276 g/mol. The van der Waals surface area contributed by atoms with Gasteiger partial charge in [-0.25, -0.2) is 9.97 Å². The Morgan fingerprint density at radius 2 is 2.11 bits per heavy atom. The second kappa shape index (κ2) is 4.55. The lowest BCUT2D eigenvalue weighted by Crippen LogP contribution is -1.90. The van der Waals surface area contributed by atoms with Crippen LogP contribution in [0, 0.1) is 0 Å². The second-order valence-electron chi connectivity index (χ2n) is 3.82. The molecular formula is C13H10ClN3S. The summed E-state index contributed by atoms with van der Waals surface area (Å²) in [4.78, 5) is 10.7. The molecule has 0 amide bonds. The van der Waals surface area contributed by atoms with Crippen LogP contribution in [0.25, 0.3) is 20.7 Å². The first kappa shape index (κ1) is 11.4. The van der Waals surface area contributed by atoms with Crippen LogP contribution in [-0.4, -0.2) is 17.0 Å². The van der Waals surface area contributed by atoms with Crippen LogP contribution in [0.1, 0.15) is 0 Å². The number of halogens is 1. The molecule has 0 bridgehead atoms. The summed E-state index contributed by atoms with van der Waals surface area (Å²) in [5, 5.41) is 4.64. The summed E-state index contributed by atoms with van der Waals surface area (Å²) in [6.45, 7) is 0. The Morgan fingerprint density at radius 3 is 2.83 bits per heavy atom. The van der Waals surface area contributed by atoms with Gasteiger partial charge < -0.3 is 5.32 Å². The Morgan fingerprint density at radius 1 is 1.22 bits per heavy atom. The third kappa shape index (κ3) is 2.05. The molecule has 0 aromatic carbocycles. The number of pyridine rings is 2. The zero-order chi connectivity index (χ0) is 12.5. The van der Waals surface area contributed by atoms with E-state index in [-0.39, 0.29) is 0 Å². The molecule has 3 heterocycles. The molecule has 3 rings (SSSR count). The summed E-state index contributed by atoms with van der Waals surface area (Å²) in [5.41, 5.74) is 1.09. The van der Waals surface area contributed by atoms with Gasteiger partial charge in [0.15, 0.2) is 0 Å². The fourth-order valence-corrected chi connectivity index (χ4v) is 2.94. The standard InChI is InChI=1S/C13H10ClN3S/c1-15-12-5-3-9(7-16-12)10-6-8-2-4-11(14)17-13(8)18-10/h2-7H,1H3,(H,15,16). The number of nitrogens with zero attached hydrogens (tertiary/aromatic N) is 2. The van der Waals surface area contributed by atoms with Crippen molar-refractivity contribution >= 4 is 39.0 Å². The molecule has 0 saturated carbocycles. The topological polar surface area (TPSA) is 37.8 Å². The number of anilines is 1. The van der Waals surface area contributed by atoms with Crippen LogP contribution in [0.15, 0.2) is 36.5 Å². The Labute approximate surface area is 113 Å². The molecule has 3 nitrogen and oxygen atoms in total. The monoisotopic (exact) mass is 275 g/mol. The summed E-state index contributed by atoms with van der Waals surface area (Å²) in [6.07, 6.45) is 1.86. The first-order valence-electron chi connectivity index (χ1n) is 5.46. The summed E-state index contributed by atoms with van der Waals surface area (Å²) < 4.78 is 0. The molecule has 0 aliphatic carbocycles. The van der Waals surface area contributed by atoms with Crippen LogP contribution in [0.2, 0.25) is 5.15 Å². The van der Waals surface area contributed by atoms with E-state index in [0.29, 0.717) is 5.15 Å². The molecule has 1 N–H and O–H groups in total. The largest absolute Gasteiger partial charge is 0.373 e. The highest BCUT2D eigenvalue weighted by atomic mass is 35.5. The maximum absolute atomic E-state index is 5.89. The van der Waals surface area contributed by atoms with Gasteiger partial charge in [-0.3, -0.25) is 0 Å². The molecule has 90 valence electrons. The summed E-state index contributed by atoms with van der Waals surface area (Å²) >= 11 is 7.51. The van der Waals surface area contributed by atoms with E-state index in [1.165, 1.54) is 0 Å². The highest BCUT2D eigenvalue weighted by Gasteiger charge is 2.06. The minimum absolute atomic E-state index is 0.527. The molecule has 3 aromatic rings. The van der Waals surface area contributed by atoms with Gasteiger partial charge in [0, 0.05) is 29.1 Å². The highest BCUT2D eigenvalue weighted by Crippen LogP contribution is 2.32. The lowest BCUT2D eigenvalue weighted by molar-refractivity contribution is 1.29. The summed E-state index contributed by atoms with van der Waals surface area (Å²) in [5.74, 6) is 0.862.